The minimum atomic E-state index is -1.04. The molecule has 17 heavy (non-hydrogen) atoms. The third-order valence-corrected chi connectivity index (χ3v) is 1.89. The fourth-order valence-electron chi connectivity index (χ4n) is 1.63. The average Bonchev–Trinajstić information content (AvgIpc) is 2.11. The molecule has 0 aromatic heterocycles. The van der Waals surface area contributed by atoms with Crippen molar-refractivity contribution in [1.82, 2.24) is 0 Å². The Balaban J connectivity index is 4.76. The van der Waals surface area contributed by atoms with E-state index in [-0.39, 0.29) is 24.9 Å². The first-order chi connectivity index (χ1) is 7.81. The summed E-state index contributed by atoms with van der Waals surface area (Å²) in [6.45, 7) is 11.8. The lowest BCUT2D eigenvalue weighted by Gasteiger charge is -2.37. The van der Waals surface area contributed by atoms with Gasteiger partial charge < -0.3 is 19.3 Å². The maximum absolute atomic E-state index is 8.97. The molecule has 0 aromatic carbocycles. The van der Waals surface area contributed by atoms with Gasteiger partial charge in [0.1, 0.15) is 0 Å². The van der Waals surface area contributed by atoms with Gasteiger partial charge in [-0.2, -0.15) is 0 Å². The Labute approximate surface area is 105 Å². The molecule has 0 aliphatic heterocycles. The average molecular weight is 248 g/mol. The topological polar surface area (TPSA) is 47.9 Å². The van der Waals surface area contributed by atoms with Crippen LogP contribution in [0.2, 0.25) is 0 Å². The van der Waals surface area contributed by atoms with E-state index in [9.17, 15) is 0 Å². The molecule has 0 heterocycles. The molecule has 0 bridgehead atoms. The molecule has 0 fully saturated rings. The Kier molecular flexibility index (Phi) is 7.96. The summed E-state index contributed by atoms with van der Waals surface area (Å²) in [7, 11) is 0. The molecular weight excluding hydrogens is 220 g/mol. The Hall–Kier alpha value is -0.160. The third kappa shape index (κ3) is 7.71. The van der Waals surface area contributed by atoms with Gasteiger partial charge in [-0.1, -0.05) is 0 Å². The molecule has 0 atom stereocenters. The predicted octanol–water partition coefficient (Wildman–Crippen LogP) is 2.69. The molecule has 0 rings (SSSR count). The molecule has 0 aliphatic rings. The summed E-state index contributed by atoms with van der Waals surface area (Å²) in [5, 5.41) is 8.97. The Morgan fingerprint density at radius 3 is 1.41 bits per heavy atom. The highest BCUT2D eigenvalue weighted by molar-refractivity contribution is 4.63. The summed E-state index contributed by atoms with van der Waals surface area (Å²) in [5.41, 5.74) is 0. The summed E-state index contributed by atoms with van der Waals surface area (Å²) in [6.07, 6.45) is 1.13. The van der Waals surface area contributed by atoms with E-state index in [0.717, 1.165) is 0 Å². The van der Waals surface area contributed by atoms with E-state index in [4.69, 9.17) is 19.3 Å². The standard InChI is InChI=1S/C13H28O4/c1-10(2)15-13(8-7-9-14,16-11(3)4)17-12(5)6/h10-12,14H,7-9H2,1-6H3. The Morgan fingerprint density at radius 1 is 0.824 bits per heavy atom. The van der Waals surface area contributed by atoms with Gasteiger partial charge in [0, 0.05) is 13.0 Å². The fraction of sp³-hybridized carbons (Fsp3) is 1.00. The normalized spacial score (nSPS) is 13.1. The fourth-order valence-corrected chi connectivity index (χ4v) is 1.63. The molecule has 0 saturated heterocycles. The van der Waals surface area contributed by atoms with Crippen LogP contribution in [0.3, 0.4) is 0 Å². The van der Waals surface area contributed by atoms with Gasteiger partial charge in [-0.15, -0.1) is 0 Å². The number of ether oxygens (including phenoxy) is 3. The van der Waals surface area contributed by atoms with Gasteiger partial charge in [0.2, 0.25) is 0 Å². The molecule has 0 unspecified atom stereocenters. The van der Waals surface area contributed by atoms with E-state index >= 15 is 0 Å². The highest BCUT2D eigenvalue weighted by Crippen LogP contribution is 2.27. The smallest absolute Gasteiger partial charge is 0.283 e. The third-order valence-electron chi connectivity index (χ3n) is 1.89. The van der Waals surface area contributed by atoms with Crippen molar-refractivity contribution < 1.29 is 19.3 Å². The number of rotatable bonds is 9. The zero-order valence-corrected chi connectivity index (χ0v) is 12.0. The summed E-state index contributed by atoms with van der Waals surface area (Å²) < 4.78 is 17.4. The van der Waals surface area contributed by atoms with Crippen molar-refractivity contribution in [3.63, 3.8) is 0 Å². The van der Waals surface area contributed by atoms with Gasteiger partial charge in [0.15, 0.2) is 0 Å². The van der Waals surface area contributed by atoms with Crippen molar-refractivity contribution in [2.45, 2.75) is 78.7 Å². The second kappa shape index (κ2) is 8.03. The number of aliphatic hydroxyl groups excluding tert-OH is 1. The monoisotopic (exact) mass is 248 g/mol. The first-order valence-electron chi connectivity index (χ1n) is 6.45. The molecular formula is C13H28O4. The summed E-state index contributed by atoms with van der Waals surface area (Å²) in [4.78, 5) is 0. The summed E-state index contributed by atoms with van der Waals surface area (Å²) in [6, 6.07) is 0. The number of aliphatic hydroxyl groups is 1. The van der Waals surface area contributed by atoms with Crippen molar-refractivity contribution >= 4 is 0 Å². The van der Waals surface area contributed by atoms with Crippen LogP contribution >= 0.6 is 0 Å². The predicted molar refractivity (Wildman–Crippen MR) is 67.7 cm³/mol. The molecule has 0 spiro atoms. The van der Waals surface area contributed by atoms with E-state index in [1.165, 1.54) is 0 Å². The van der Waals surface area contributed by atoms with Gasteiger partial charge in [-0.3, -0.25) is 0 Å². The van der Waals surface area contributed by atoms with Crippen LogP contribution in [0.25, 0.3) is 0 Å². The summed E-state index contributed by atoms with van der Waals surface area (Å²) >= 11 is 0. The highest BCUT2D eigenvalue weighted by Gasteiger charge is 2.36. The number of hydrogen-bond donors (Lipinski definition) is 1. The van der Waals surface area contributed by atoms with Crippen LogP contribution in [0.15, 0.2) is 0 Å². The second-order valence-corrected chi connectivity index (χ2v) is 5.01. The maximum atomic E-state index is 8.97. The molecule has 0 aliphatic carbocycles. The maximum Gasteiger partial charge on any atom is 0.283 e. The molecule has 0 aromatic rings. The van der Waals surface area contributed by atoms with Crippen molar-refractivity contribution in [1.29, 1.82) is 0 Å². The minimum absolute atomic E-state index is 0.00573. The largest absolute Gasteiger partial charge is 0.396 e. The van der Waals surface area contributed by atoms with E-state index in [2.05, 4.69) is 0 Å². The minimum Gasteiger partial charge on any atom is -0.396 e. The molecule has 0 saturated carbocycles. The Bertz CT molecular complexity index is 163. The SMILES string of the molecule is CC(C)OC(CCCO)(OC(C)C)OC(C)C. The van der Waals surface area contributed by atoms with Gasteiger partial charge in [0.25, 0.3) is 5.97 Å². The molecule has 1 N–H and O–H groups in total. The second-order valence-electron chi connectivity index (χ2n) is 5.01. The van der Waals surface area contributed by atoms with Crippen LogP contribution in [0.4, 0.5) is 0 Å². The first-order valence-corrected chi connectivity index (χ1v) is 6.45. The quantitative estimate of drug-likeness (QED) is 0.637. The zero-order valence-electron chi connectivity index (χ0n) is 12.0. The zero-order chi connectivity index (χ0) is 13.5. The van der Waals surface area contributed by atoms with Crippen LogP contribution in [-0.2, 0) is 14.2 Å². The van der Waals surface area contributed by atoms with Crippen molar-refractivity contribution in [3.8, 4) is 0 Å². The summed E-state index contributed by atoms with van der Waals surface area (Å²) in [5.74, 6) is -1.04. The van der Waals surface area contributed by atoms with Crippen LogP contribution in [-0.4, -0.2) is 36.0 Å². The van der Waals surface area contributed by atoms with Gasteiger partial charge >= 0.3 is 0 Å². The lowest BCUT2D eigenvalue weighted by molar-refractivity contribution is -0.412. The Morgan fingerprint density at radius 2 is 1.18 bits per heavy atom. The van der Waals surface area contributed by atoms with Gasteiger partial charge in [0.05, 0.1) is 18.3 Å². The molecule has 104 valence electrons. The molecule has 4 heteroatoms. The van der Waals surface area contributed by atoms with E-state index in [1.54, 1.807) is 0 Å². The highest BCUT2D eigenvalue weighted by atomic mass is 16.9. The van der Waals surface area contributed by atoms with Crippen LogP contribution in [0.1, 0.15) is 54.4 Å². The van der Waals surface area contributed by atoms with E-state index < -0.39 is 5.97 Å². The van der Waals surface area contributed by atoms with Crippen LogP contribution in [0, 0.1) is 0 Å². The van der Waals surface area contributed by atoms with Crippen molar-refractivity contribution in [3.05, 3.63) is 0 Å². The number of hydrogen-bond acceptors (Lipinski definition) is 4. The molecule has 4 nitrogen and oxygen atoms in total. The van der Waals surface area contributed by atoms with Crippen molar-refractivity contribution in [2.24, 2.45) is 0 Å². The first kappa shape index (κ1) is 16.8. The van der Waals surface area contributed by atoms with Crippen molar-refractivity contribution in [2.75, 3.05) is 6.61 Å². The van der Waals surface area contributed by atoms with E-state index in [1.807, 2.05) is 41.5 Å². The van der Waals surface area contributed by atoms with Crippen LogP contribution in [0.5, 0.6) is 0 Å². The van der Waals surface area contributed by atoms with Crippen LogP contribution < -0.4 is 0 Å². The molecule has 0 amide bonds. The van der Waals surface area contributed by atoms with Gasteiger partial charge in [-0.05, 0) is 48.0 Å². The van der Waals surface area contributed by atoms with Gasteiger partial charge in [-0.25, -0.2) is 0 Å². The lowest BCUT2D eigenvalue weighted by Crippen LogP contribution is -2.45. The lowest BCUT2D eigenvalue weighted by atomic mass is 10.2. The van der Waals surface area contributed by atoms with E-state index in [0.29, 0.717) is 12.8 Å². The molecule has 0 radical (unpaired) electrons.